The second kappa shape index (κ2) is 4.50. The molecule has 0 radical (unpaired) electrons. The SMILES string of the molecule is O=[N+]([O-])c1cc(F)cc(-c2cnc(CCl)o2)c1. The molecule has 0 aliphatic heterocycles. The zero-order valence-corrected chi connectivity index (χ0v) is 9.15. The molecule has 2 rings (SSSR count). The normalized spacial score (nSPS) is 10.5. The van der Waals surface area contributed by atoms with E-state index in [4.69, 9.17) is 16.0 Å². The van der Waals surface area contributed by atoms with Crippen LogP contribution in [0.4, 0.5) is 10.1 Å². The molecule has 1 heterocycles. The zero-order valence-electron chi connectivity index (χ0n) is 8.39. The lowest BCUT2D eigenvalue weighted by atomic mass is 10.1. The average molecular weight is 257 g/mol. The summed E-state index contributed by atoms with van der Waals surface area (Å²) in [6.07, 6.45) is 1.34. The summed E-state index contributed by atoms with van der Waals surface area (Å²) in [7, 11) is 0. The number of hydrogen-bond donors (Lipinski definition) is 0. The van der Waals surface area contributed by atoms with E-state index in [9.17, 15) is 14.5 Å². The number of nitro groups is 1. The number of oxazole rings is 1. The number of nitro benzene ring substituents is 1. The minimum atomic E-state index is -0.710. The van der Waals surface area contributed by atoms with Crippen molar-refractivity contribution < 1.29 is 13.7 Å². The van der Waals surface area contributed by atoms with Crippen LogP contribution in [0.25, 0.3) is 11.3 Å². The molecule has 88 valence electrons. The second-order valence-corrected chi connectivity index (χ2v) is 3.47. The van der Waals surface area contributed by atoms with E-state index in [1.165, 1.54) is 12.3 Å². The van der Waals surface area contributed by atoms with E-state index >= 15 is 0 Å². The van der Waals surface area contributed by atoms with Gasteiger partial charge in [-0.1, -0.05) is 0 Å². The highest BCUT2D eigenvalue weighted by atomic mass is 35.5. The zero-order chi connectivity index (χ0) is 12.4. The molecule has 0 aliphatic rings. The number of halogens is 2. The Morgan fingerprint density at radius 1 is 1.47 bits per heavy atom. The van der Waals surface area contributed by atoms with Gasteiger partial charge >= 0.3 is 0 Å². The third-order valence-corrected chi connectivity index (χ3v) is 2.27. The standard InChI is InChI=1S/C10H6ClFN2O3/c11-4-10-13-5-9(17-10)6-1-7(12)3-8(2-6)14(15)16/h1-3,5H,4H2. The summed E-state index contributed by atoms with van der Waals surface area (Å²) in [6.45, 7) is 0. The number of nitrogens with zero attached hydrogens (tertiary/aromatic N) is 2. The predicted molar refractivity (Wildman–Crippen MR) is 58.1 cm³/mol. The molecule has 0 saturated heterocycles. The quantitative estimate of drug-likeness (QED) is 0.481. The van der Waals surface area contributed by atoms with E-state index in [0.29, 0.717) is 0 Å². The largest absolute Gasteiger partial charge is 0.439 e. The lowest BCUT2D eigenvalue weighted by Crippen LogP contribution is -1.90. The number of rotatable bonds is 3. The van der Waals surface area contributed by atoms with Gasteiger partial charge in [0.25, 0.3) is 5.69 Å². The fraction of sp³-hybridized carbons (Fsp3) is 0.100. The molecule has 7 heteroatoms. The molecule has 2 aromatic rings. The van der Waals surface area contributed by atoms with Crippen molar-refractivity contribution in [3.63, 3.8) is 0 Å². The Morgan fingerprint density at radius 3 is 2.82 bits per heavy atom. The molecule has 0 saturated carbocycles. The van der Waals surface area contributed by atoms with E-state index in [-0.39, 0.29) is 28.8 Å². The van der Waals surface area contributed by atoms with E-state index in [1.807, 2.05) is 0 Å². The molecule has 17 heavy (non-hydrogen) atoms. The summed E-state index contributed by atoms with van der Waals surface area (Å²) >= 11 is 5.50. The maximum absolute atomic E-state index is 13.2. The van der Waals surface area contributed by atoms with Crippen molar-refractivity contribution in [2.24, 2.45) is 0 Å². The lowest BCUT2D eigenvalue weighted by molar-refractivity contribution is -0.385. The third-order valence-electron chi connectivity index (χ3n) is 2.05. The Hall–Kier alpha value is -1.95. The molecule has 0 amide bonds. The van der Waals surface area contributed by atoms with Crippen LogP contribution in [0.15, 0.2) is 28.8 Å². The van der Waals surface area contributed by atoms with Crippen LogP contribution in [-0.2, 0) is 5.88 Å². The topological polar surface area (TPSA) is 69.2 Å². The fourth-order valence-electron chi connectivity index (χ4n) is 1.33. The number of benzene rings is 1. The lowest BCUT2D eigenvalue weighted by Gasteiger charge is -1.97. The number of non-ortho nitro benzene ring substituents is 1. The highest BCUT2D eigenvalue weighted by molar-refractivity contribution is 6.16. The van der Waals surface area contributed by atoms with E-state index in [2.05, 4.69) is 4.98 Å². The van der Waals surface area contributed by atoms with Gasteiger partial charge in [0.15, 0.2) is 5.76 Å². The maximum atomic E-state index is 13.2. The van der Waals surface area contributed by atoms with Gasteiger partial charge in [-0.3, -0.25) is 10.1 Å². The molecule has 0 fully saturated rings. The highest BCUT2D eigenvalue weighted by Gasteiger charge is 2.13. The average Bonchev–Trinajstić information content (AvgIpc) is 2.76. The van der Waals surface area contributed by atoms with Crippen molar-refractivity contribution in [3.05, 3.63) is 46.2 Å². The van der Waals surface area contributed by atoms with Crippen molar-refractivity contribution in [1.82, 2.24) is 4.98 Å². The molecule has 0 atom stereocenters. The van der Waals surface area contributed by atoms with Gasteiger partial charge in [0, 0.05) is 11.6 Å². The van der Waals surface area contributed by atoms with Crippen molar-refractivity contribution in [1.29, 1.82) is 0 Å². The monoisotopic (exact) mass is 256 g/mol. The molecule has 0 spiro atoms. The summed E-state index contributed by atoms with van der Waals surface area (Å²) in [4.78, 5) is 13.7. The number of alkyl halides is 1. The van der Waals surface area contributed by atoms with Crippen LogP contribution < -0.4 is 0 Å². The predicted octanol–water partition coefficient (Wildman–Crippen LogP) is 3.13. The van der Waals surface area contributed by atoms with Gasteiger partial charge < -0.3 is 4.42 Å². The van der Waals surface area contributed by atoms with Crippen LogP contribution in [0.5, 0.6) is 0 Å². The first-order valence-electron chi connectivity index (χ1n) is 4.56. The molecule has 1 aromatic carbocycles. The van der Waals surface area contributed by atoms with Gasteiger partial charge in [0.1, 0.15) is 5.82 Å². The molecule has 5 nitrogen and oxygen atoms in total. The van der Waals surface area contributed by atoms with Crippen molar-refractivity contribution in [3.8, 4) is 11.3 Å². The number of aromatic nitrogens is 1. The Balaban J connectivity index is 2.47. The highest BCUT2D eigenvalue weighted by Crippen LogP contribution is 2.26. The number of hydrogen-bond acceptors (Lipinski definition) is 4. The summed E-state index contributed by atoms with van der Waals surface area (Å²) in [5.41, 5.74) is -0.0932. The fourth-order valence-corrected chi connectivity index (χ4v) is 1.45. The summed E-state index contributed by atoms with van der Waals surface area (Å²) in [6, 6.07) is 3.18. The molecule has 0 unspecified atom stereocenters. The van der Waals surface area contributed by atoms with Gasteiger partial charge in [-0.05, 0) is 6.07 Å². The van der Waals surface area contributed by atoms with Gasteiger partial charge in [-0.25, -0.2) is 9.37 Å². The minimum absolute atomic E-state index is 0.0808. The van der Waals surface area contributed by atoms with Crippen LogP contribution in [-0.4, -0.2) is 9.91 Å². The van der Waals surface area contributed by atoms with E-state index in [0.717, 1.165) is 12.1 Å². The minimum Gasteiger partial charge on any atom is -0.439 e. The van der Waals surface area contributed by atoms with Crippen LogP contribution in [0, 0.1) is 15.9 Å². The maximum Gasteiger partial charge on any atom is 0.273 e. The molecular formula is C10H6ClFN2O3. The Labute approximate surface area is 100.0 Å². The molecule has 0 N–H and O–H groups in total. The first-order valence-corrected chi connectivity index (χ1v) is 5.09. The molecule has 1 aromatic heterocycles. The molecular weight excluding hydrogens is 251 g/mol. The smallest absolute Gasteiger partial charge is 0.273 e. The summed E-state index contributed by atoms with van der Waals surface area (Å²) in [5, 5.41) is 10.6. The Morgan fingerprint density at radius 2 is 2.24 bits per heavy atom. The van der Waals surface area contributed by atoms with Gasteiger partial charge in [0.2, 0.25) is 5.89 Å². The van der Waals surface area contributed by atoms with E-state index in [1.54, 1.807) is 0 Å². The Bertz CT molecular complexity index is 570. The second-order valence-electron chi connectivity index (χ2n) is 3.21. The van der Waals surface area contributed by atoms with Gasteiger partial charge in [-0.15, -0.1) is 11.6 Å². The van der Waals surface area contributed by atoms with Crippen molar-refractivity contribution in [2.75, 3.05) is 0 Å². The first kappa shape index (κ1) is 11.5. The van der Waals surface area contributed by atoms with E-state index < -0.39 is 10.7 Å². The summed E-state index contributed by atoms with van der Waals surface area (Å²) in [5.74, 6) is -0.118. The van der Waals surface area contributed by atoms with Crippen LogP contribution in [0.1, 0.15) is 5.89 Å². The van der Waals surface area contributed by atoms with Crippen LogP contribution >= 0.6 is 11.6 Å². The third kappa shape index (κ3) is 2.42. The van der Waals surface area contributed by atoms with Crippen molar-refractivity contribution in [2.45, 2.75) is 5.88 Å². The summed E-state index contributed by atoms with van der Waals surface area (Å²) < 4.78 is 18.3. The van der Waals surface area contributed by atoms with Gasteiger partial charge in [0.05, 0.1) is 23.1 Å². The molecule has 0 bridgehead atoms. The first-order chi connectivity index (χ1) is 8.10. The van der Waals surface area contributed by atoms with Crippen LogP contribution in [0.2, 0.25) is 0 Å². The van der Waals surface area contributed by atoms with Crippen LogP contribution in [0.3, 0.4) is 0 Å². The molecule has 0 aliphatic carbocycles. The Kier molecular flexibility index (Phi) is 3.06. The van der Waals surface area contributed by atoms with Crippen molar-refractivity contribution >= 4 is 17.3 Å². The van der Waals surface area contributed by atoms with Gasteiger partial charge in [-0.2, -0.15) is 0 Å².